The molecule has 3 nitrogen and oxygen atoms in total. The summed E-state index contributed by atoms with van der Waals surface area (Å²) in [6.07, 6.45) is 0. The average Bonchev–Trinajstić information content (AvgIpc) is 2.59. The van der Waals surface area contributed by atoms with Crippen LogP contribution in [0.25, 0.3) is 0 Å². The highest BCUT2D eigenvalue weighted by Crippen LogP contribution is 2.23. The maximum Gasteiger partial charge on any atom is 0.367 e. The second kappa shape index (κ2) is 5.07. The fraction of sp³-hybridized carbons (Fsp3) is 0.429. The van der Waals surface area contributed by atoms with Crippen LogP contribution in [0.15, 0.2) is 0 Å². The summed E-state index contributed by atoms with van der Waals surface area (Å²) in [6, 6.07) is 0. The number of nitrogens with zero attached hydrogens (tertiary/aromatic N) is 1. The standard InChI is InChI=1S/C7H7Br2NO2S/c1-12-7(11)6-10-4(2-8)5(3-9)13-6/h2-3H2,1H3. The topological polar surface area (TPSA) is 39.2 Å². The first-order valence-corrected chi connectivity index (χ1v) is 6.47. The minimum atomic E-state index is -0.376. The van der Waals surface area contributed by atoms with Crippen LogP contribution in [0.1, 0.15) is 20.4 Å². The second-order valence-corrected chi connectivity index (χ2v) is 4.35. The molecule has 0 radical (unpaired) electrons. The minimum Gasteiger partial charge on any atom is -0.464 e. The van der Waals surface area contributed by atoms with E-state index in [1.54, 1.807) is 0 Å². The van der Waals surface area contributed by atoms with Gasteiger partial charge in [-0.05, 0) is 0 Å². The van der Waals surface area contributed by atoms with Gasteiger partial charge in [-0.2, -0.15) is 0 Å². The van der Waals surface area contributed by atoms with E-state index in [9.17, 15) is 4.79 Å². The molecule has 0 aliphatic carbocycles. The zero-order chi connectivity index (χ0) is 9.84. The summed E-state index contributed by atoms with van der Waals surface area (Å²) in [6.45, 7) is 0. The average molecular weight is 329 g/mol. The molecule has 0 saturated heterocycles. The maximum absolute atomic E-state index is 11.1. The van der Waals surface area contributed by atoms with E-state index in [2.05, 4.69) is 41.6 Å². The van der Waals surface area contributed by atoms with Gasteiger partial charge in [0.1, 0.15) is 0 Å². The van der Waals surface area contributed by atoms with Crippen LogP contribution in [0.5, 0.6) is 0 Å². The molecule has 0 unspecified atom stereocenters. The Morgan fingerprint density at radius 3 is 2.62 bits per heavy atom. The Kier molecular flexibility index (Phi) is 4.34. The number of hydrogen-bond acceptors (Lipinski definition) is 4. The lowest BCUT2D eigenvalue weighted by molar-refractivity contribution is 0.0600. The summed E-state index contributed by atoms with van der Waals surface area (Å²) in [5.41, 5.74) is 0.891. The van der Waals surface area contributed by atoms with Gasteiger partial charge in [0.05, 0.1) is 12.8 Å². The van der Waals surface area contributed by atoms with Gasteiger partial charge in [0, 0.05) is 15.5 Å². The maximum atomic E-state index is 11.1. The number of carbonyl (C=O) groups is 1. The molecular formula is C7H7Br2NO2S. The predicted molar refractivity (Wildman–Crippen MR) is 58.7 cm³/mol. The van der Waals surface area contributed by atoms with Crippen molar-refractivity contribution < 1.29 is 9.53 Å². The summed E-state index contributed by atoms with van der Waals surface area (Å²) < 4.78 is 4.57. The third-order valence-electron chi connectivity index (χ3n) is 1.39. The monoisotopic (exact) mass is 327 g/mol. The Morgan fingerprint density at radius 2 is 2.23 bits per heavy atom. The summed E-state index contributed by atoms with van der Waals surface area (Å²) >= 11 is 7.99. The fourth-order valence-electron chi connectivity index (χ4n) is 0.767. The van der Waals surface area contributed by atoms with Crippen LogP contribution in [0.4, 0.5) is 0 Å². The number of rotatable bonds is 3. The Morgan fingerprint density at radius 1 is 1.54 bits per heavy atom. The largest absolute Gasteiger partial charge is 0.464 e. The molecule has 0 fully saturated rings. The van der Waals surface area contributed by atoms with Gasteiger partial charge in [-0.15, -0.1) is 11.3 Å². The van der Waals surface area contributed by atoms with E-state index in [1.807, 2.05) is 0 Å². The van der Waals surface area contributed by atoms with Crippen molar-refractivity contribution >= 4 is 49.2 Å². The highest BCUT2D eigenvalue weighted by molar-refractivity contribution is 9.09. The first kappa shape index (κ1) is 11.1. The molecule has 0 aliphatic heterocycles. The molecule has 1 heterocycles. The molecule has 1 aromatic rings. The Labute approximate surface area is 96.8 Å². The normalized spacial score (nSPS) is 10.1. The first-order valence-electron chi connectivity index (χ1n) is 3.41. The molecule has 13 heavy (non-hydrogen) atoms. The lowest BCUT2D eigenvalue weighted by Gasteiger charge is -1.90. The van der Waals surface area contributed by atoms with E-state index in [4.69, 9.17) is 0 Å². The van der Waals surface area contributed by atoms with Crippen molar-refractivity contribution in [2.24, 2.45) is 0 Å². The number of methoxy groups -OCH3 is 1. The molecule has 0 saturated carbocycles. The van der Waals surface area contributed by atoms with E-state index in [-0.39, 0.29) is 5.97 Å². The van der Waals surface area contributed by atoms with Crippen molar-refractivity contribution in [1.82, 2.24) is 4.98 Å². The lowest BCUT2D eigenvalue weighted by Crippen LogP contribution is -1.99. The van der Waals surface area contributed by atoms with Crippen molar-refractivity contribution in [1.29, 1.82) is 0 Å². The molecule has 72 valence electrons. The molecule has 6 heteroatoms. The van der Waals surface area contributed by atoms with Gasteiger partial charge >= 0.3 is 5.97 Å². The van der Waals surface area contributed by atoms with Gasteiger partial charge in [0.2, 0.25) is 5.01 Å². The number of halogens is 2. The van der Waals surface area contributed by atoms with Crippen LogP contribution in [0.2, 0.25) is 0 Å². The Bertz CT molecular complexity index is 292. The van der Waals surface area contributed by atoms with E-state index >= 15 is 0 Å². The van der Waals surface area contributed by atoms with Crippen LogP contribution in [0, 0.1) is 0 Å². The van der Waals surface area contributed by atoms with E-state index in [1.165, 1.54) is 18.4 Å². The van der Waals surface area contributed by atoms with Crippen LogP contribution >= 0.6 is 43.2 Å². The molecule has 1 aromatic heterocycles. The predicted octanol–water partition coefficient (Wildman–Crippen LogP) is 2.72. The third-order valence-corrected chi connectivity index (χ3v) is 3.93. The number of hydrogen-bond donors (Lipinski definition) is 0. The molecule has 0 aliphatic rings. The van der Waals surface area contributed by atoms with E-state index < -0.39 is 0 Å². The van der Waals surface area contributed by atoms with Crippen molar-refractivity contribution in [3.63, 3.8) is 0 Å². The lowest BCUT2D eigenvalue weighted by atomic mass is 10.4. The van der Waals surface area contributed by atoms with Crippen LogP contribution in [-0.4, -0.2) is 18.1 Å². The third kappa shape index (κ3) is 2.51. The zero-order valence-corrected chi connectivity index (χ0v) is 10.8. The summed E-state index contributed by atoms with van der Waals surface area (Å²) in [4.78, 5) is 16.3. The highest BCUT2D eigenvalue weighted by atomic mass is 79.9. The van der Waals surface area contributed by atoms with Crippen LogP contribution in [0.3, 0.4) is 0 Å². The number of thiazole rings is 1. The molecule has 0 spiro atoms. The molecule has 0 amide bonds. The minimum absolute atomic E-state index is 0.376. The number of carbonyl (C=O) groups excluding carboxylic acids is 1. The molecule has 0 N–H and O–H groups in total. The van der Waals surface area contributed by atoms with E-state index in [0.717, 1.165) is 10.6 Å². The Balaban J connectivity index is 2.99. The van der Waals surface area contributed by atoms with Crippen LogP contribution in [-0.2, 0) is 15.4 Å². The summed E-state index contributed by atoms with van der Waals surface area (Å²) in [7, 11) is 1.35. The van der Waals surface area contributed by atoms with Gasteiger partial charge in [-0.25, -0.2) is 9.78 Å². The van der Waals surface area contributed by atoms with Crippen LogP contribution < -0.4 is 0 Å². The van der Waals surface area contributed by atoms with Gasteiger partial charge in [0.15, 0.2) is 0 Å². The van der Waals surface area contributed by atoms with Gasteiger partial charge in [0.25, 0.3) is 0 Å². The van der Waals surface area contributed by atoms with Gasteiger partial charge in [-0.3, -0.25) is 0 Å². The molecule has 1 rings (SSSR count). The number of ether oxygens (including phenoxy) is 1. The quantitative estimate of drug-likeness (QED) is 0.632. The van der Waals surface area contributed by atoms with Crippen molar-refractivity contribution in [2.75, 3.05) is 7.11 Å². The highest BCUT2D eigenvalue weighted by Gasteiger charge is 2.15. The molecule has 0 atom stereocenters. The second-order valence-electron chi connectivity index (χ2n) is 2.15. The van der Waals surface area contributed by atoms with Crippen molar-refractivity contribution in [3.05, 3.63) is 15.6 Å². The van der Waals surface area contributed by atoms with Crippen molar-refractivity contribution in [3.8, 4) is 0 Å². The smallest absolute Gasteiger partial charge is 0.367 e. The molecule has 0 aromatic carbocycles. The summed E-state index contributed by atoms with van der Waals surface area (Å²) in [5.74, 6) is -0.376. The van der Waals surface area contributed by atoms with Gasteiger partial charge in [-0.1, -0.05) is 31.9 Å². The SMILES string of the molecule is COC(=O)c1nc(CBr)c(CBr)s1. The number of esters is 1. The zero-order valence-electron chi connectivity index (χ0n) is 6.84. The van der Waals surface area contributed by atoms with Gasteiger partial charge < -0.3 is 4.74 Å². The number of alkyl halides is 2. The van der Waals surface area contributed by atoms with E-state index in [0.29, 0.717) is 15.7 Å². The number of aromatic nitrogens is 1. The summed E-state index contributed by atoms with van der Waals surface area (Å²) in [5, 5.41) is 1.77. The Hall–Kier alpha value is 0.0600. The molecule has 0 bridgehead atoms. The fourth-order valence-corrected chi connectivity index (χ4v) is 2.93. The molecular weight excluding hydrogens is 322 g/mol. The first-order chi connectivity index (χ1) is 6.22. The van der Waals surface area contributed by atoms with Crippen molar-refractivity contribution in [2.45, 2.75) is 10.7 Å².